The number of anilines is 2. The number of para-hydroxylation sites is 1. The maximum Gasteiger partial charge on any atom is 0.175 e. The van der Waals surface area contributed by atoms with Crippen LogP contribution in [0.3, 0.4) is 0 Å². The molecule has 0 saturated heterocycles. The zero-order valence-corrected chi connectivity index (χ0v) is 15.1. The lowest BCUT2D eigenvalue weighted by molar-refractivity contribution is 0.417. The average molecular weight is 349 g/mol. The maximum atomic E-state index is 6.05. The number of rotatable bonds is 5. The van der Waals surface area contributed by atoms with Crippen LogP contribution in [0.25, 0.3) is 0 Å². The van der Waals surface area contributed by atoms with E-state index in [0.717, 1.165) is 24.2 Å². The number of methoxy groups -OCH3 is 1. The molecule has 0 bridgehead atoms. The summed E-state index contributed by atoms with van der Waals surface area (Å²) >= 11 is 11.5. The molecule has 122 valence electrons. The third kappa shape index (κ3) is 4.36. The van der Waals surface area contributed by atoms with Crippen molar-refractivity contribution in [2.45, 2.75) is 26.7 Å². The lowest BCUT2D eigenvalue weighted by atomic mass is 10.0. The van der Waals surface area contributed by atoms with Crippen molar-refractivity contribution >= 4 is 40.3 Å². The van der Waals surface area contributed by atoms with Gasteiger partial charge in [-0.3, -0.25) is 0 Å². The highest BCUT2D eigenvalue weighted by Gasteiger charge is 2.10. The SMILES string of the molecule is CCc1cccc(CC)c1NC(=S)Nc1cc(Cl)ccc1OC. The summed E-state index contributed by atoms with van der Waals surface area (Å²) in [6.07, 6.45) is 1.89. The van der Waals surface area contributed by atoms with Gasteiger partial charge in [-0.05, 0) is 54.4 Å². The molecule has 3 nitrogen and oxygen atoms in total. The summed E-state index contributed by atoms with van der Waals surface area (Å²) in [7, 11) is 1.62. The van der Waals surface area contributed by atoms with Crippen molar-refractivity contribution in [3.05, 3.63) is 52.5 Å². The summed E-state index contributed by atoms with van der Waals surface area (Å²) in [5, 5.41) is 7.63. The van der Waals surface area contributed by atoms with Gasteiger partial charge >= 0.3 is 0 Å². The molecule has 2 rings (SSSR count). The minimum Gasteiger partial charge on any atom is -0.495 e. The Morgan fingerprint density at radius 3 is 2.30 bits per heavy atom. The van der Waals surface area contributed by atoms with Crippen molar-refractivity contribution in [3.8, 4) is 5.75 Å². The Balaban J connectivity index is 2.22. The van der Waals surface area contributed by atoms with Crippen LogP contribution in [0.1, 0.15) is 25.0 Å². The molecule has 0 aliphatic rings. The van der Waals surface area contributed by atoms with Gasteiger partial charge in [0.05, 0.1) is 12.8 Å². The van der Waals surface area contributed by atoms with Gasteiger partial charge in [0.15, 0.2) is 5.11 Å². The van der Waals surface area contributed by atoms with E-state index in [1.54, 1.807) is 19.2 Å². The molecule has 23 heavy (non-hydrogen) atoms. The Hall–Kier alpha value is -1.78. The first-order chi connectivity index (χ1) is 11.1. The molecule has 0 atom stereocenters. The van der Waals surface area contributed by atoms with Crippen LogP contribution in [0.4, 0.5) is 11.4 Å². The summed E-state index contributed by atoms with van der Waals surface area (Å²) in [6, 6.07) is 11.7. The standard InChI is InChI=1S/C18H21ClN2OS/c1-4-12-7-6-8-13(5-2)17(12)21-18(23)20-15-11-14(19)9-10-16(15)22-3/h6-11H,4-5H2,1-3H3,(H2,20,21,23). The predicted octanol–water partition coefficient (Wildman–Crippen LogP) is 5.28. The number of ether oxygens (including phenoxy) is 1. The van der Waals surface area contributed by atoms with E-state index in [2.05, 4.69) is 42.7 Å². The molecule has 0 aliphatic carbocycles. The third-order valence-electron chi connectivity index (χ3n) is 3.65. The van der Waals surface area contributed by atoms with Gasteiger partial charge in [0, 0.05) is 10.7 Å². The molecule has 0 fully saturated rings. The molecule has 0 heterocycles. The summed E-state index contributed by atoms with van der Waals surface area (Å²) in [6.45, 7) is 4.27. The minimum absolute atomic E-state index is 0.515. The van der Waals surface area contributed by atoms with Gasteiger partial charge < -0.3 is 15.4 Å². The second-order valence-electron chi connectivity index (χ2n) is 5.08. The van der Waals surface area contributed by atoms with Crippen molar-refractivity contribution in [2.75, 3.05) is 17.7 Å². The highest BCUT2D eigenvalue weighted by atomic mass is 35.5. The van der Waals surface area contributed by atoms with Crippen LogP contribution in [0.15, 0.2) is 36.4 Å². The van der Waals surface area contributed by atoms with E-state index in [9.17, 15) is 0 Å². The van der Waals surface area contributed by atoms with Gasteiger partial charge in [0.1, 0.15) is 5.75 Å². The van der Waals surface area contributed by atoms with Gasteiger partial charge in [0.25, 0.3) is 0 Å². The van der Waals surface area contributed by atoms with Crippen LogP contribution >= 0.6 is 23.8 Å². The molecule has 0 aliphatic heterocycles. The van der Waals surface area contributed by atoms with Gasteiger partial charge in [-0.1, -0.05) is 43.6 Å². The predicted molar refractivity (Wildman–Crippen MR) is 103 cm³/mol. The van der Waals surface area contributed by atoms with Crippen LogP contribution in [0.2, 0.25) is 5.02 Å². The van der Waals surface area contributed by atoms with E-state index in [4.69, 9.17) is 28.6 Å². The first-order valence-corrected chi connectivity index (χ1v) is 8.40. The monoisotopic (exact) mass is 348 g/mol. The number of hydrogen-bond donors (Lipinski definition) is 2. The lowest BCUT2D eigenvalue weighted by Gasteiger charge is -2.18. The molecule has 2 aromatic rings. The van der Waals surface area contributed by atoms with Crippen molar-refractivity contribution in [1.82, 2.24) is 0 Å². The molecule has 0 spiro atoms. The molecular weight excluding hydrogens is 328 g/mol. The second-order valence-corrected chi connectivity index (χ2v) is 5.93. The topological polar surface area (TPSA) is 33.3 Å². The molecule has 0 amide bonds. The Kier molecular flexibility index (Phi) is 6.25. The summed E-state index contributed by atoms with van der Waals surface area (Å²) in [5.74, 6) is 0.693. The number of nitrogens with one attached hydrogen (secondary N) is 2. The van der Waals surface area contributed by atoms with Crippen molar-refractivity contribution < 1.29 is 4.74 Å². The van der Waals surface area contributed by atoms with E-state index in [1.807, 2.05) is 6.07 Å². The fourth-order valence-corrected chi connectivity index (χ4v) is 2.83. The number of thiocarbonyl (C=S) groups is 1. The highest BCUT2D eigenvalue weighted by Crippen LogP contribution is 2.28. The lowest BCUT2D eigenvalue weighted by Crippen LogP contribution is -2.21. The second kappa shape index (κ2) is 8.18. The Morgan fingerprint density at radius 2 is 1.74 bits per heavy atom. The molecule has 0 saturated carbocycles. The molecule has 0 aromatic heterocycles. The number of hydrogen-bond acceptors (Lipinski definition) is 2. The van der Waals surface area contributed by atoms with Crippen LogP contribution in [-0.2, 0) is 12.8 Å². The van der Waals surface area contributed by atoms with Crippen molar-refractivity contribution in [2.24, 2.45) is 0 Å². The van der Waals surface area contributed by atoms with Crippen LogP contribution in [0, 0.1) is 0 Å². The zero-order chi connectivity index (χ0) is 16.8. The summed E-state index contributed by atoms with van der Waals surface area (Å²) in [4.78, 5) is 0. The smallest absolute Gasteiger partial charge is 0.175 e. The fourth-order valence-electron chi connectivity index (χ4n) is 2.45. The van der Waals surface area contributed by atoms with E-state index >= 15 is 0 Å². The van der Waals surface area contributed by atoms with E-state index in [-0.39, 0.29) is 0 Å². The maximum absolute atomic E-state index is 6.05. The Bertz CT molecular complexity index is 681. The van der Waals surface area contributed by atoms with E-state index in [1.165, 1.54) is 11.1 Å². The van der Waals surface area contributed by atoms with Crippen molar-refractivity contribution in [1.29, 1.82) is 0 Å². The fraction of sp³-hybridized carbons (Fsp3) is 0.278. The molecule has 5 heteroatoms. The van der Waals surface area contributed by atoms with E-state index < -0.39 is 0 Å². The summed E-state index contributed by atoms with van der Waals surface area (Å²) < 4.78 is 5.33. The molecule has 2 aromatic carbocycles. The molecule has 0 radical (unpaired) electrons. The van der Waals surface area contributed by atoms with Crippen LogP contribution in [0.5, 0.6) is 5.75 Å². The zero-order valence-electron chi connectivity index (χ0n) is 13.6. The third-order valence-corrected chi connectivity index (χ3v) is 4.09. The van der Waals surface area contributed by atoms with Gasteiger partial charge in [-0.25, -0.2) is 0 Å². The number of aryl methyl sites for hydroxylation is 2. The minimum atomic E-state index is 0.515. The highest BCUT2D eigenvalue weighted by molar-refractivity contribution is 7.80. The largest absolute Gasteiger partial charge is 0.495 e. The van der Waals surface area contributed by atoms with Gasteiger partial charge in [0.2, 0.25) is 0 Å². The number of benzene rings is 2. The normalized spacial score (nSPS) is 10.3. The van der Waals surface area contributed by atoms with E-state index in [0.29, 0.717) is 15.9 Å². The van der Waals surface area contributed by atoms with Gasteiger partial charge in [-0.2, -0.15) is 0 Å². The Morgan fingerprint density at radius 1 is 1.09 bits per heavy atom. The first kappa shape index (κ1) is 17.6. The molecule has 0 unspecified atom stereocenters. The summed E-state index contributed by atoms with van der Waals surface area (Å²) in [5.41, 5.74) is 4.30. The van der Waals surface area contributed by atoms with Crippen LogP contribution in [-0.4, -0.2) is 12.2 Å². The van der Waals surface area contributed by atoms with Crippen molar-refractivity contribution in [3.63, 3.8) is 0 Å². The van der Waals surface area contributed by atoms with Crippen LogP contribution < -0.4 is 15.4 Å². The Labute approximate surface area is 148 Å². The molecule has 2 N–H and O–H groups in total. The number of halogens is 1. The molecular formula is C18H21ClN2OS. The first-order valence-electron chi connectivity index (χ1n) is 7.61. The quantitative estimate of drug-likeness (QED) is 0.720. The van der Waals surface area contributed by atoms with Gasteiger partial charge in [-0.15, -0.1) is 0 Å². The average Bonchev–Trinajstić information content (AvgIpc) is 2.55.